The van der Waals surface area contributed by atoms with E-state index in [1.54, 1.807) is 44.3 Å². The number of anilines is 1. The maximum absolute atomic E-state index is 14.2. The number of nitrogens with one attached hydrogen (secondary N) is 1. The Kier molecular flexibility index (Phi) is 5.14. The Labute approximate surface area is 172 Å². The molecule has 4 rings (SSSR count). The van der Waals surface area contributed by atoms with Crippen molar-refractivity contribution in [2.45, 2.75) is 13.0 Å². The lowest BCUT2D eigenvalue weighted by Gasteiger charge is -2.23. The summed E-state index contributed by atoms with van der Waals surface area (Å²) in [4.78, 5) is 27.0. The minimum absolute atomic E-state index is 0.0262. The predicted molar refractivity (Wildman–Crippen MR) is 106 cm³/mol. The average molecular weight is 410 g/mol. The second-order valence-corrected chi connectivity index (χ2v) is 6.83. The van der Waals surface area contributed by atoms with Crippen LogP contribution in [0.15, 0.2) is 59.2 Å². The summed E-state index contributed by atoms with van der Waals surface area (Å²) in [5.41, 5.74) is 0.508. The van der Waals surface area contributed by atoms with Gasteiger partial charge in [-0.1, -0.05) is 6.07 Å². The number of rotatable bonds is 5. The number of fused-ring (bicyclic) bond motifs is 1. The lowest BCUT2D eigenvalue weighted by Crippen LogP contribution is -2.29. The van der Waals surface area contributed by atoms with Gasteiger partial charge in [-0.2, -0.15) is 0 Å². The molecule has 7 nitrogen and oxygen atoms in total. The van der Waals surface area contributed by atoms with Crippen LogP contribution in [0, 0.1) is 5.82 Å². The number of carbonyl (C=O) groups excluding carboxylic acids is 2. The molecule has 8 heteroatoms. The molecule has 154 valence electrons. The van der Waals surface area contributed by atoms with Crippen LogP contribution in [-0.4, -0.2) is 30.6 Å². The van der Waals surface area contributed by atoms with Gasteiger partial charge in [0.2, 0.25) is 6.79 Å². The SMILES string of the molecule is CC(c1ccco1)N(C)C(=O)c1cc(F)cc(NC(=O)c2cccc3c2OCO3)c1. The number of nitrogens with zero attached hydrogens (tertiary/aromatic N) is 1. The second kappa shape index (κ2) is 7.90. The van der Waals surface area contributed by atoms with Gasteiger partial charge in [-0.25, -0.2) is 4.39 Å². The van der Waals surface area contributed by atoms with Gasteiger partial charge in [0.15, 0.2) is 11.5 Å². The van der Waals surface area contributed by atoms with E-state index in [1.807, 2.05) is 0 Å². The molecule has 2 aromatic carbocycles. The molecule has 3 aromatic rings. The van der Waals surface area contributed by atoms with Crippen molar-refractivity contribution >= 4 is 17.5 Å². The minimum Gasteiger partial charge on any atom is -0.467 e. The number of para-hydroxylation sites is 1. The molecule has 1 atom stereocenters. The first kappa shape index (κ1) is 19.5. The summed E-state index contributed by atoms with van der Waals surface area (Å²) in [5, 5.41) is 2.62. The third-order valence-corrected chi connectivity index (χ3v) is 4.90. The Hall–Kier alpha value is -3.81. The molecule has 0 bridgehead atoms. The average Bonchev–Trinajstić information content (AvgIpc) is 3.43. The van der Waals surface area contributed by atoms with Crippen LogP contribution in [0.25, 0.3) is 0 Å². The highest BCUT2D eigenvalue weighted by Crippen LogP contribution is 2.35. The van der Waals surface area contributed by atoms with Gasteiger partial charge in [0.05, 0.1) is 17.9 Å². The number of hydrogen-bond donors (Lipinski definition) is 1. The van der Waals surface area contributed by atoms with E-state index in [2.05, 4.69) is 5.32 Å². The van der Waals surface area contributed by atoms with Gasteiger partial charge in [0.25, 0.3) is 11.8 Å². The van der Waals surface area contributed by atoms with Crippen molar-refractivity contribution in [3.63, 3.8) is 0 Å². The molecule has 0 saturated heterocycles. The molecule has 0 radical (unpaired) electrons. The van der Waals surface area contributed by atoms with Crippen LogP contribution >= 0.6 is 0 Å². The maximum atomic E-state index is 14.2. The van der Waals surface area contributed by atoms with Gasteiger partial charge in [0.1, 0.15) is 11.6 Å². The van der Waals surface area contributed by atoms with Gasteiger partial charge in [-0.05, 0) is 49.4 Å². The lowest BCUT2D eigenvalue weighted by molar-refractivity contribution is 0.0725. The van der Waals surface area contributed by atoms with E-state index in [1.165, 1.54) is 17.2 Å². The Bertz CT molecular complexity index is 1100. The molecule has 0 saturated carbocycles. The standard InChI is InChI=1S/C22H19FN2O5/c1-13(18-7-4-8-28-18)25(2)22(27)14-9-15(23)11-16(10-14)24-21(26)17-5-3-6-19-20(17)30-12-29-19/h3-11,13H,12H2,1-2H3,(H,24,26). The summed E-state index contributed by atoms with van der Waals surface area (Å²) >= 11 is 0. The monoisotopic (exact) mass is 410 g/mol. The summed E-state index contributed by atoms with van der Waals surface area (Å²) in [7, 11) is 1.60. The van der Waals surface area contributed by atoms with Crippen molar-refractivity contribution in [1.82, 2.24) is 4.90 Å². The second-order valence-electron chi connectivity index (χ2n) is 6.83. The van der Waals surface area contributed by atoms with Crippen molar-refractivity contribution in [3.8, 4) is 11.5 Å². The Morgan fingerprint density at radius 3 is 2.73 bits per heavy atom. The predicted octanol–water partition coefficient (Wildman–Crippen LogP) is 4.23. The van der Waals surface area contributed by atoms with Crippen LogP contribution in [0.4, 0.5) is 10.1 Å². The van der Waals surface area contributed by atoms with E-state index in [4.69, 9.17) is 13.9 Å². The van der Waals surface area contributed by atoms with E-state index in [0.29, 0.717) is 17.3 Å². The zero-order chi connectivity index (χ0) is 21.3. The fourth-order valence-corrected chi connectivity index (χ4v) is 3.19. The fourth-order valence-electron chi connectivity index (χ4n) is 3.19. The van der Waals surface area contributed by atoms with Gasteiger partial charge in [-0.15, -0.1) is 0 Å². The van der Waals surface area contributed by atoms with Gasteiger partial charge in [0, 0.05) is 18.3 Å². The lowest BCUT2D eigenvalue weighted by atomic mass is 10.1. The Morgan fingerprint density at radius 2 is 1.97 bits per heavy atom. The van der Waals surface area contributed by atoms with Crippen molar-refractivity contribution in [1.29, 1.82) is 0 Å². The van der Waals surface area contributed by atoms with Crippen molar-refractivity contribution in [2.75, 3.05) is 19.2 Å². The highest BCUT2D eigenvalue weighted by Gasteiger charge is 2.24. The Balaban J connectivity index is 1.55. The molecule has 1 N–H and O–H groups in total. The third kappa shape index (κ3) is 3.71. The smallest absolute Gasteiger partial charge is 0.259 e. The molecule has 2 amide bonds. The van der Waals surface area contributed by atoms with Crippen LogP contribution in [-0.2, 0) is 0 Å². The first-order valence-corrected chi connectivity index (χ1v) is 9.25. The van der Waals surface area contributed by atoms with Crippen LogP contribution in [0.5, 0.6) is 11.5 Å². The van der Waals surface area contributed by atoms with Crippen LogP contribution < -0.4 is 14.8 Å². The molecular weight excluding hydrogens is 391 g/mol. The molecule has 0 fully saturated rings. The number of ether oxygens (including phenoxy) is 2. The molecule has 1 aliphatic heterocycles. The Morgan fingerprint density at radius 1 is 1.13 bits per heavy atom. The van der Waals surface area contributed by atoms with E-state index < -0.39 is 17.6 Å². The quantitative estimate of drug-likeness (QED) is 0.681. The first-order chi connectivity index (χ1) is 14.4. The number of benzene rings is 2. The largest absolute Gasteiger partial charge is 0.467 e. The summed E-state index contributed by atoms with van der Waals surface area (Å²) in [6, 6.07) is 11.8. The number of hydrogen-bond acceptors (Lipinski definition) is 5. The highest BCUT2D eigenvalue weighted by molar-refractivity contribution is 6.07. The molecular formula is C22H19FN2O5. The molecule has 0 aliphatic carbocycles. The van der Waals surface area contributed by atoms with Gasteiger partial charge < -0.3 is 24.1 Å². The van der Waals surface area contributed by atoms with Crippen LogP contribution in [0.2, 0.25) is 0 Å². The maximum Gasteiger partial charge on any atom is 0.259 e. The van der Waals surface area contributed by atoms with Gasteiger partial charge in [-0.3, -0.25) is 9.59 Å². The number of furan rings is 1. The number of carbonyl (C=O) groups is 2. The van der Waals surface area contributed by atoms with Crippen LogP contribution in [0.3, 0.4) is 0 Å². The van der Waals surface area contributed by atoms with Crippen molar-refractivity contribution in [3.05, 3.63) is 77.5 Å². The molecule has 30 heavy (non-hydrogen) atoms. The van der Waals surface area contributed by atoms with E-state index in [-0.39, 0.29) is 29.6 Å². The van der Waals surface area contributed by atoms with Gasteiger partial charge >= 0.3 is 0 Å². The summed E-state index contributed by atoms with van der Waals surface area (Å²) < 4.78 is 30.2. The number of amides is 2. The topological polar surface area (TPSA) is 81.0 Å². The highest BCUT2D eigenvalue weighted by atomic mass is 19.1. The molecule has 0 spiro atoms. The normalized spacial score (nSPS) is 13.0. The van der Waals surface area contributed by atoms with E-state index in [0.717, 1.165) is 12.1 Å². The molecule has 1 unspecified atom stereocenters. The minimum atomic E-state index is -0.645. The van der Waals surface area contributed by atoms with Crippen molar-refractivity contribution in [2.24, 2.45) is 0 Å². The number of halogens is 1. The fraction of sp³-hybridized carbons (Fsp3) is 0.182. The summed E-state index contributed by atoms with van der Waals surface area (Å²) in [6.45, 7) is 1.83. The third-order valence-electron chi connectivity index (χ3n) is 4.90. The summed E-state index contributed by atoms with van der Waals surface area (Å²) in [5.74, 6) is -0.157. The van der Waals surface area contributed by atoms with E-state index in [9.17, 15) is 14.0 Å². The summed E-state index contributed by atoms with van der Waals surface area (Å²) in [6.07, 6.45) is 1.52. The zero-order valence-corrected chi connectivity index (χ0v) is 16.3. The molecule has 2 heterocycles. The van der Waals surface area contributed by atoms with Crippen LogP contribution in [0.1, 0.15) is 39.4 Å². The van der Waals surface area contributed by atoms with E-state index >= 15 is 0 Å². The molecule has 1 aromatic heterocycles. The zero-order valence-electron chi connectivity index (χ0n) is 16.3. The molecule has 1 aliphatic rings. The van der Waals surface area contributed by atoms with Crippen molar-refractivity contribution < 1.29 is 27.9 Å². The first-order valence-electron chi connectivity index (χ1n) is 9.25.